The van der Waals surface area contributed by atoms with Crippen molar-refractivity contribution in [1.82, 2.24) is 0 Å². The molecule has 4 aromatic rings. The Morgan fingerprint density at radius 2 is 0.714 bits per heavy atom. The van der Waals surface area contributed by atoms with E-state index in [1.165, 1.54) is 24.3 Å². The van der Waals surface area contributed by atoms with E-state index in [2.05, 4.69) is 23.7 Å². The van der Waals surface area contributed by atoms with Gasteiger partial charge in [0.05, 0.1) is 9.85 Å². The van der Waals surface area contributed by atoms with E-state index in [1.54, 1.807) is 24.3 Å². The largest absolute Gasteiger partial charge is 0.457 e. The highest BCUT2D eigenvalue weighted by Crippen LogP contribution is 2.22. The number of nitrogens with zero attached hydrogens (tertiary/aromatic N) is 2. The van der Waals surface area contributed by atoms with Gasteiger partial charge in [0.2, 0.25) is 0 Å². The molecular formula is C28H16N2O5. The summed E-state index contributed by atoms with van der Waals surface area (Å²) in [4.78, 5) is 20.5. The maximum absolute atomic E-state index is 10.7. The maximum atomic E-state index is 10.7. The molecule has 0 aromatic heterocycles. The fraction of sp³-hybridized carbons (Fsp3) is 0. The fourth-order valence-electron chi connectivity index (χ4n) is 2.97. The summed E-state index contributed by atoms with van der Waals surface area (Å²) in [7, 11) is 0. The first kappa shape index (κ1) is 22.8. The Morgan fingerprint density at radius 1 is 0.457 bits per heavy atom. The number of hydrogen-bond donors (Lipinski definition) is 0. The topological polar surface area (TPSA) is 95.5 Å². The quantitative estimate of drug-likeness (QED) is 0.208. The highest BCUT2D eigenvalue weighted by atomic mass is 16.6. The van der Waals surface area contributed by atoms with E-state index in [1.807, 2.05) is 48.5 Å². The molecule has 0 bridgehead atoms. The highest BCUT2D eigenvalue weighted by Gasteiger charge is 2.03. The molecule has 7 heteroatoms. The molecule has 35 heavy (non-hydrogen) atoms. The highest BCUT2D eigenvalue weighted by molar-refractivity contribution is 5.48. The predicted octanol–water partition coefficient (Wildman–Crippen LogP) is 6.09. The van der Waals surface area contributed by atoms with E-state index in [-0.39, 0.29) is 11.4 Å². The summed E-state index contributed by atoms with van der Waals surface area (Å²) in [6, 6.07) is 26.7. The zero-order chi connectivity index (χ0) is 24.6. The van der Waals surface area contributed by atoms with E-state index in [9.17, 15) is 20.2 Å². The minimum atomic E-state index is -0.446. The second-order valence-electron chi connectivity index (χ2n) is 7.26. The van der Waals surface area contributed by atoms with Crippen LogP contribution in [0.25, 0.3) is 0 Å². The minimum absolute atomic E-state index is 0.0293. The van der Waals surface area contributed by atoms with Crippen molar-refractivity contribution >= 4 is 11.4 Å². The maximum Gasteiger partial charge on any atom is 0.269 e. The molecule has 0 unspecified atom stereocenters. The van der Waals surface area contributed by atoms with Crippen LogP contribution in [-0.2, 0) is 0 Å². The molecule has 0 radical (unpaired) electrons. The van der Waals surface area contributed by atoms with Crippen LogP contribution >= 0.6 is 0 Å². The summed E-state index contributed by atoms with van der Waals surface area (Å²) < 4.78 is 5.86. The Hall–Kier alpha value is -5.40. The van der Waals surface area contributed by atoms with Gasteiger partial charge in [-0.15, -0.1) is 0 Å². The Morgan fingerprint density at radius 3 is 0.971 bits per heavy atom. The second kappa shape index (κ2) is 10.5. The predicted molar refractivity (Wildman–Crippen MR) is 131 cm³/mol. The molecule has 0 heterocycles. The summed E-state index contributed by atoms with van der Waals surface area (Å²) in [6.07, 6.45) is 0. The third-order valence-electron chi connectivity index (χ3n) is 4.80. The molecule has 0 atom stereocenters. The number of nitro benzene ring substituents is 2. The van der Waals surface area contributed by atoms with Gasteiger partial charge in [0, 0.05) is 46.5 Å². The fourth-order valence-corrected chi connectivity index (χ4v) is 2.97. The zero-order valence-corrected chi connectivity index (χ0v) is 18.2. The lowest BCUT2D eigenvalue weighted by atomic mass is 10.1. The molecule has 0 aliphatic heterocycles. The standard InChI is InChI=1S/C28H16N2O5/c31-29(32)25-13-5-21(6-14-25)1-3-23-9-17-27(18-10-23)35-28-19-11-24(12-20-28)4-2-22-7-15-26(16-8-22)30(33)34/h5-20H. The van der Waals surface area contributed by atoms with Crippen LogP contribution in [0, 0.1) is 43.9 Å². The molecule has 0 saturated heterocycles. The normalized spacial score (nSPS) is 9.71. The minimum Gasteiger partial charge on any atom is -0.457 e. The first-order chi connectivity index (χ1) is 17.0. The van der Waals surface area contributed by atoms with Crippen LogP contribution < -0.4 is 4.74 Å². The van der Waals surface area contributed by atoms with Crippen LogP contribution in [-0.4, -0.2) is 9.85 Å². The number of non-ortho nitro benzene ring substituents is 2. The molecule has 4 rings (SSSR count). The average Bonchev–Trinajstić information content (AvgIpc) is 2.88. The van der Waals surface area contributed by atoms with E-state index >= 15 is 0 Å². The smallest absolute Gasteiger partial charge is 0.269 e. The van der Waals surface area contributed by atoms with Crippen molar-refractivity contribution in [3.8, 4) is 35.2 Å². The Bertz CT molecular complexity index is 1370. The van der Waals surface area contributed by atoms with Crippen LogP contribution in [0.15, 0.2) is 97.1 Å². The summed E-state index contributed by atoms with van der Waals surface area (Å²) in [5.41, 5.74) is 3.00. The number of rotatable bonds is 4. The lowest BCUT2D eigenvalue weighted by Gasteiger charge is -2.05. The Balaban J connectivity index is 1.36. The SMILES string of the molecule is O=[N+]([O-])c1ccc(C#Cc2ccc(Oc3ccc(C#Cc4ccc([N+](=O)[O-])cc4)cc3)cc2)cc1. The molecule has 0 N–H and O–H groups in total. The molecule has 0 fully saturated rings. The van der Waals surface area contributed by atoms with Crippen molar-refractivity contribution in [3.63, 3.8) is 0 Å². The number of ether oxygens (including phenoxy) is 1. The van der Waals surface area contributed by atoms with Crippen LogP contribution in [0.1, 0.15) is 22.3 Å². The molecule has 0 saturated carbocycles. The van der Waals surface area contributed by atoms with Crippen LogP contribution in [0.3, 0.4) is 0 Å². The molecular weight excluding hydrogens is 444 g/mol. The summed E-state index contributed by atoms with van der Waals surface area (Å²) in [5.74, 6) is 13.3. The monoisotopic (exact) mass is 460 g/mol. The van der Waals surface area contributed by atoms with Gasteiger partial charge in [-0.2, -0.15) is 0 Å². The van der Waals surface area contributed by atoms with Crippen LogP contribution in [0.5, 0.6) is 11.5 Å². The second-order valence-corrected chi connectivity index (χ2v) is 7.26. The number of hydrogen-bond acceptors (Lipinski definition) is 5. The van der Waals surface area contributed by atoms with Gasteiger partial charge in [-0.25, -0.2) is 0 Å². The number of nitro groups is 2. The first-order valence-electron chi connectivity index (χ1n) is 10.4. The van der Waals surface area contributed by atoms with Crippen molar-refractivity contribution in [2.75, 3.05) is 0 Å². The lowest BCUT2D eigenvalue weighted by molar-refractivity contribution is -0.385. The Kier molecular flexibility index (Phi) is 6.82. The van der Waals surface area contributed by atoms with Crippen LogP contribution in [0.4, 0.5) is 11.4 Å². The van der Waals surface area contributed by atoms with E-state index < -0.39 is 9.85 Å². The molecule has 0 aliphatic rings. The zero-order valence-electron chi connectivity index (χ0n) is 18.2. The molecule has 168 valence electrons. The van der Waals surface area contributed by atoms with Gasteiger partial charge in [0.25, 0.3) is 11.4 Å². The first-order valence-corrected chi connectivity index (χ1v) is 10.4. The lowest BCUT2D eigenvalue weighted by Crippen LogP contribution is -1.87. The van der Waals surface area contributed by atoms with Crippen molar-refractivity contribution in [3.05, 3.63) is 140 Å². The molecule has 0 aliphatic carbocycles. The summed E-state index contributed by atoms with van der Waals surface area (Å²) >= 11 is 0. The molecule has 0 amide bonds. The van der Waals surface area contributed by atoms with Gasteiger partial charge in [-0.1, -0.05) is 23.7 Å². The molecule has 4 aromatic carbocycles. The average molecular weight is 460 g/mol. The van der Waals surface area contributed by atoms with Crippen molar-refractivity contribution < 1.29 is 14.6 Å². The van der Waals surface area contributed by atoms with Gasteiger partial charge in [0.15, 0.2) is 0 Å². The molecule has 7 nitrogen and oxygen atoms in total. The van der Waals surface area contributed by atoms with Crippen LogP contribution in [0.2, 0.25) is 0 Å². The summed E-state index contributed by atoms with van der Waals surface area (Å²) in [5, 5.41) is 21.4. The molecule has 0 spiro atoms. The van der Waals surface area contributed by atoms with E-state index in [0.717, 1.165) is 11.1 Å². The van der Waals surface area contributed by atoms with E-state index in [0.29, 0.717) is 22.6 Å². The van der Waals surface area contributed by atoms with Gasteiger partial charge in [-0.3, -0.25) is 20.2 Å². The van der Waals surface area contributed by atoms with Gasteiger partial charge in [-0.05, 0) is 72.8 Å². The summed E-state index contributed by atoms with van der Waals surface area (Å²) in [6.45, 7) is 0. The van der Waals surface area contributed by atoms with Crippen molar-refractivity contribution in [2.45, 2.75) is 0 Å². The van der Waals surface area contributed by atoms with Gasteiger partial charge in [0.1, 0.15) is 11.5 Å². The van der Waals surface area contributed by atoms with Crippen molar-refractivity contribution in [2.24, 2.45) is 0 Å². The van der Waals surface area contributed by atoms with Crippen molar-refractivity contribution in [1.29, 1.82) is 0 Å². The number of benzene rings is 4. The van der Waals surface area contributed by atoms with Gasteiger partial charge < -0.3 is 4.74 Å². The Labute approximate surface area is 200 Å². The van der Waals surface area contributed by atoms with E-state index in [4.69, 9.17) is 4.74 Å². The van der Waals surface area contributed by atoms with Gasteiger partial charge >= 0.3 is 0 Å². The third-order valence-corrected chi connectivity index (χ3v) is 4.80. The third kappa shape index (κ3) is 6.32.